The molecular formula is C30H23Cl3F3N3O9. The number of aromatic nitrogens is 2. The molecule has 0 amide bonds. The van der Waals surface area contributed by atoms with Crippen LogP contribution in [0.5, 0.6) is 11.5 Å². The molecule has 0 N–H and O–H groups in total. The molecule has 48 heavy (non-hydrogen) atoms. The van der Waals surface area contributed by atoms with Crippen molar-refractivity contribution in [1.82, 2.24) is 9.13 Å². The standard InChI is InChI=1S/C16H14ClF3N2O4.C14H9Cl2NO5/c1-8(2)26-14(24)10-6-9(4-5-11(10)17)22-13(23)7-12(16(18,19)20)21(3)15(22)25;1-21-14(18)10-7-9(3-4-12(10)17(19)20)22-13-5-2-8(15)6-11(13)16/h4-8H,1-3H3;2-7H,1H3. The fourth-order valence-electron chi connectivity index (χ4n) is 3.92. The predicted octanol–water partition coefficient (Wildman–Crippen LogP) is 7.25. The van der Waals surface area contributed by atoms with Crippen molar-refractivity contribution in [3.63, 3.8) is 0 Å². The van der Waals surface area contributed by atoms with E-state index in [0.717, 1.165) is 26.3 Å². The summed E-state index contributed by atoms with van der Waals surface area (Å²) in [5, 5.41) is 11.6. The molecule has 0 saturated heterocycles. The van der Waals surface area contributed by atoms with Crippen LogP contribution in [0.1, 0.15) is 40.3 Å². The van der Waals surface area contributed by atoms with Crippen LogP contribution in [0.4, 0.5) is 18.9 Å². The summed E-state index contributed by atoms with van der Waals surface area (Å²) in [5.74, 6) is -1.12. The van der Waals surface area contributed by atoms with Crippen LogP contribution in [0.25, 0.3) is 5.69 Å². The second-order valence-corrected chi connectivity index (χ2v) is 11.0. The molecule has 0 fully saturated rings. The molecule has 254 valence electrons. The number of alkyl halides is 3. The number of benzene rings is 3. The average molecular weight is 733 g/mol. The Hall–Kier alpha value is -4.86. The van der Waals surface area contributed by atoms with Crippen LogP contribution in [-0.4, -0.2) is 39.2 Å². The van der Waals surface area contributed by atoms with Gasteiger partial charge in [-0.15, -0.1) is 0 Å². The van der Waals surface area contributed by atoms with Crippen molar-refractivity contribution in [2.24, 2.45) is 7.05 Å². The lowest BCUT2D eigenvalue weighted by molar-refractivity contribution is -0.385. The SMILES string of the molecule is CC(C)OC(=O)c1cc(-n2c(=O)cc(C(F)(F)F)n(C)c2=O)ccc1Cl.COC(=O)c1cc(Oc2ccc(Cl)cc2Cl)ccc1[N+](=O)[O-]. The monoisotopic (exact) mass is 731 g/mol. The Morgan fingerprint density at radius 1 is 0.896 bits per heavy atom. The molecule has 0 radical (unpaired) electrons. The maximum absolute atomic E-state index is 12.9. The number of carbonyl (C=O) groups excluding carboxylic acids is 2. The number of hydrogen-bond acceptors (Lipinski definition) is 9. The quantitative estimate of drug-likeness (QED) is 0.109. The first-order valence-electron chi connectivity index (χ1n) is 13.3. The lowest BCUT2D eigenvalue weighted by Crippen LogP contribution is -2.40. The minimum atomic E-state index is -4.86. The molecule has 3 aromatic carbocycles. The third-order valence-electron chi connectivity index (χ3n) is 6.07. The summed E-state index contributed by atoms with van der Waals surface area (Å²) in [6.07, 6.45) is -5.30. The number of carbonyl (C=O) groups is 2. The van der Waals surface area contributed by atoms with Crippen molar-refractivity contribution in [3.8, 4) is 17.2 Å². The van der Waals surface area contributed by atoms with Gasteiger partial charge in [-0.2, -0.15) is 13.2 Å². The molecule has 0 bridgehead atoms. The molecule has 0 aliphatic carbocycles. The zero-order valence-electron chi connectivity index (χ0n) is 25.1. The molecule has 1 heterocycles. The number of esters is 2. The van der Waals surface area contributed by atoms with Crippen LogP contribution in [-0.2, 0) is 22.7 Å². The Morgan fingerprint density at radius 3 is 2.12 bits per heavy atom. The van der Waals surface area contributed by atoms with Gasteiger partial charge < -0.3 is 14.2 Å². The first kappa shape index (κ1) is 37.6. The summed E-state index contributed by atoms with van der Waals surface area (Å²) >= 11 is 17.7. The fourth-order valence-corrected chi connectivity index (χ4v) is 4.56. The molecule has 4 aromatic rings. The van der Waals surface area contributed by atoms with Gasteiger partial charge in [-0.25, -0.2) is 19.0 Å². The van der Waals surface area contributed by atoms with E-state index >= 15 is 0 Å². The highest BCUT2D eigenvalue weighted by Gasteiger charge is 2.35. The Balaban J connectivity index is 0.000000264. The number of methoxy groups -OCH3 is 1. The molecule has 0 aliphatic rings. The van der Waals surface area contributed by atoms with Gasteiger partial charge in [0.25, 0.3) is 11.2 Å². The summed E-state index contributed by atoms with van der Waals surface area (Å²) in [6.45, 7) is 3.23. The zero-order valence-corrected chi connectivity index (χ0v) is 27.4. The number of hydrogen-bond donors (Lipinski definition) is 0. The number of nitro groups is 1. The maximum atomic E-state index is 12.9. The first-order valence-corrected chi connectivity index (χ1v) is 14.4. The summed E-state index contributed by atoms with van der Waals surface area (Å²) in [5.41, 5.74) is -4.59. The molecule has 0 aliphatic heterocycles. The van der Waals surface area contributed by atoms with Crippen LogP contribution >= 0.6 is 34.8 Å². The van der Waals surface area contributed by atoms with E-state index in [1.165, 1.54) is 30.3 Å². The molecular weight excluding hydrogens is 710 g/mol. The third-order valence-corrected chi connectivity index (χ3v) is 6.93. The van der Waals surface area contributed by atoms with Crippen molar-refractivity contribution >= 4 is 52.4 Å². The summed E-state index contributed by atoms with van der Waals surface area (Å²) in [6, 6.07) is 12.3. The minimum Gasteiger partial charge on any atom is -0.465 e. The van der Waals surface area contributed by atoms with Crippen molar-refractivity contribution in [2.75, 3.05) is 7.11 Å². The molecule has 4 rings (SSSR count). The molecule has 1 aromatic heterocycles. The van der Waals surface area contributed by atoms with Gasteiger partial charge in [0.1, 0.15) is 22.8 Å². The molecule has 18 heteroatoms. The van der Waals surface area contributed by atoms with Gasteiger partial charge in [-0.1, -0.05) is 34.8 Å². The van der Waals surface area contributed by atoms with Crippen LogP contribution in [0.15, 0.2) is 70.3 Å². The molecule has 0 atom stereocenters. The predicted molar refractivity (Wildman–Crippen MR) is 169 cm³/mol. The largest absolute Gasteiger partial charge is 0.465 e. The first-order chi connectivity index (χ1) is 22.3. The highest BCUT2D eigenvalue weighted by molar-refractivity contribution is 6.35. The second kappa shape index (κ2) is 15.4. The van der Waals surface area contributed by atoms with Crippen molar-refractivity contribution in [1.29, 1.82) is 0 Å². The van der Waals surface area contributed by atoms with E-state index in [-0.39, 0.29) is 38.3 Å². The highest BCUT2D eigenvalue weighted by atomic mass is 35.5. The zero-order chi connectivity index (χ0) is 36.1. The molecule has 0 unspecified atom stereocenters. The van der Waals surface area contributed by atoms with E-state index in [1.807, 2.05) is 0 Å². The topological polar surface area (TPSA) is 149 Å². The van der Waals surface area contributed by atoms with Gasteiger partial charge >= 0.3 is 23.8 Å². The number of nitro benzene ring substituents is 1. The normalized spacial score (nSPS) is 11.0. The van der Waals surface area contributed by atoms with Crippen molar-refractivity contribution < 1.29 is 41.9 Å². The number of ether oxygens (including phenoxy) is 3. The number of nitrogens with zero attached hydrogens (tertiary/aromatic N) is 3. The van der Waals surface area contributed by atoms with E-state index in [1.54, 1.807) is 26.0 Å². The molecule has 0 spiro atoms. The van der Waals surface area contributed by atoms with Crippen molar-refractivity contribution in [2.45, 2.75) is 26.1 Å². The summed E-state index contributed by atoms with van der Waals surface area (Å²) < 4.78 is 54.6. The molecule has 12 nitrogen and oxygen atoms in total. The van der Waals surface area contributed by atoms with E-state index < -0.39 is 46.1 Å². The number of rotatable bonds is 7. The van der Waals surface area contributed by atoms with Crippen LogP contribution in [0.3, 0.4) is 0 Å². The Labute approximate surface area is 283 Å². The van der Waals surface area contributed by atoms with Gasteiger partial charge in [-0.3, -0.25) is 19.5 Å². The average Bonchev–Trinajstić information content (AvgIpc) is 3.00. The van der Waals surface area contributed by atoms with E-state index in [2.05, 4.69) is 4.74 Å². The Kier molecular flexibility index (Phi) is 12.0. The summed E-state index contributed by atoms with van der Waals surface area (Å²) in [7, 11) is 2.03. The highest BCUT2D eigenvalue weighted by Crippen LogP contribution is 2.34. The minimum absolute atomic E-state index is 0.0104. The van der Waals surface area contributed by atoms with E-state index in [4.69, 9.17) is 44.3 Å². The Morgan fingerprint density at radius 2 is 1.56 bits per heavy atom. The third kappa shape index (κ3) is 8.93. The van der Waals surface area contributed by atoms with Gasteiger partial charge in [0.15, 0.2) is 0 Å². The van der Waals surface area contributed by atoms with Gasteiger partial charge in [0, 0.05) is 30.3 Å². The summed E-state index contributed by atoms with van der Waals surface area (Å²) in [4.78, 5) is 58.3. The Bertz CT molecular complexity index is 2010. The van der Waals surface area contributed by atoms with Crippen LogP contribution in [0, 0.1) is 10.1 Å². The van der Waals surface area contributed by atoms with Gasteiger partial charge in [0.2, 0.25) is 0 Å². The smallest absolute Gasteiger partial charge is 0.431 e. The van der Waals surface area contributed by atoms with Crippen molar-refractivity contribution in [3.05, 3.63) is 124 Å². The van der Waals surface area contributed by atoms with Crippen LogP contribution < -0.4 is 16.0 Å². The fraction of sp³-hybridized carbons (Fsp3) is 0.200. The maximum Gasteiger partial charge on any atom is 0.431 e. The van der Waals surface area contributed by atoms with E-state index in [9.17, 15) is 42.5 Å². The van der Waals surface area contributed by atoms with Gasteiger partial charge in [0.05, 0.1) is 39.4 Å². The lowest BCUT2D eigenvalue weighted by Gasteiger charge is -2.15. The van der Waals surface area contributed by atoms with E-state index in [0.29, 0.717) is 26.0 Å². The second-order valence-electron chi connectivity index (χ2n) is 9.77. The van der Waals surface area contributed by atoms with Gasteiger partial charge in [-0.05, 0) is 56.3 Å². The number of halogens is 6. The molecule has 0 saturated carbocycles. The lowest BCUT2D eigenvalue weighted by atomic mass is 10.1. The van der Waals surface area contributed by atoms with Crippen LogP contribution in [0.2, 0.25) is 15.1 Å².